The molecule has 0 bridgehead atoms. The highest BCUT2D eigenvalue weighted by Gasteiger charge is 2.21. The predicted molar refractivity (Wildman–Crippen MR) is 78.2 cm³/mol. The summed E-state index contributed by atoms with van der Waals surface area (Å²) in [6, 6.07) is 0. The molecule has 0 unspecified atom stereocenters. The molecule has 0 saturated heterocycles. The van der Waals surface area contributed by atoms with Crippen LogP contribution in [0.1, 0.15) is 60.8 Å². The molecule has 0 aliphatic carbocycles. The van der Waals surface area contributed by atoms with E-state index in [1.54, 1.807) is 0 Å². The molecule has 0 fully saturated rings. The summed E-state index contributed by atoms with van der Waals surface area (Å²) in [6.07, 6.45) is 3.64. The molecule has 2 nitrogen and oxygen atoms in total. The topological polar surface area (TPSA) is 38.0 Å². The van der Waals surface area contributed by atoms with E-state index in [1.165, 1.54) is 12.8 Å². The van der Waals surface area contributed by atoms with Gasteiger partial charge in [0.1, 0.15) is 0 Å². The Balaban J connectivity index is 3.66. The van der Waals surface area contributed by atoms with E-state index >= 15 is 0 Å². The Morgan fingerprint density at radius 1 is 1.06 bits per heavy atom. The highest BCUT2D eigenvalue weighted by Crippen LogP contribution is 2.26. The molecule has 104 valence electrons. The van der Waals surface area contributed by atoms with E-state index in [9.17, 15) is 0 Å². The van der Waals surface area contributed by atoms with Crippen LogP contribution in [-0.4, -0.2) is 19.6 Å². The minimum absolute atomic E-state index is 0.396. The van der Waals surface area contributed by atoms with Crippen molar-refractivity contribution in [2.45, 2.75) is 60.8 Å². The second-order valence-corrected chi connectivity index (χ2v) is 7.13. The lowest BCUT2D eigenvalue weighted by Crippen LogP contribution is -2.34. The van der Waals surface area contributed by atoms with Crippen LogP contribution in [0.3, 0.4) is 0 Å². The standard InChI is InChI=1S/C15H34N2/c1-13(2)15(5,6)12-17-11-7-8-14(3,4)9-10-16/h13,17H,7-12,16H2,1-6H3. The van der Waals surface area contributed by atoms with Gasteiger partial charge in [-0.1, -0.05) is 41.5 Å². The summed E-state index contributed by atoms with van der Waals surface area (Å²) in [5.74, 6) is 0.726. The fraction of sp³-hybridized carbons (Fsp3) is 1.00. The first-order chi connectivity index (χ1) is 7.71. The van der Waals surface area contributed by atoms with E-state index in [1.807, 2.05) is 0 Å². The van der Waals surface area contributed by atoms with Gasteiger partial charge in [-0.05, 0) is 49.1 Å². The van der Waals surface area contributed by atoms with Crippen molar-refractivity contribution in [2.24, 2.45) is 22.5 Å². The maximum atomic E-state index is 5.62. The van der Waals surface area contributed by atoms with Crippen LogP contribution in [0.5, 0.6) is 0 Å². The molecule has 0 radical (unpaired) electrons. The van der Waals surface area contributed by atoms with Crippen LogP contribution in [0.4, 0.5) is 0 Å². The van der Waals surface area contributed by atoms with Crippen molar-refractivity contribution >= 4 is 0 Å². The molecular weight excluding hydrogens is 208 g/mol. The smallest absolute Gasteiger partial charge is 0.000496 e. The van der Waals surface area contributed by atoms with Crippen LogP contribution in [-0.2, 0) is 0 Å². The zero-order chi connectivity index (χ0) is 13.5. The average molecular weight is 242 g/mol. The summed E-state index contributed by atoms with van der Waals surface area (Å²) in [5.41, 5.74) is 6.42. The molecule has 3 N–H and O–H groups in total. The van der Waals surface area contributed by atoms with Gasteiger partial charge in [0.05, 0.1) is 0 Å². The van der Waals surface area contributed by atoms with E-state index < -0.39 is 0 Å². The Labute approximate surface area is 109 Å². The van der Waals surface area contributed by atoms with Crippen molar-refractivity contribution in [1.82, 2.24) is 5.32 Å². The number of hydrogen-bond donors (Lipinski definition) is 2. The minimum Gasteiger partial charge on any atom is -0.330 e. The SMILES string of the molecule is CC(C)C(C)(C)CNCCCC(C)(C)CCN. The molecule has 0 saturated carbocycles. The van der Waals surface area contributed by atoms with Gasteiger partial charge in [0.15, 0.2) is 0 Å². The van der Waals surface area contributed by atoms with E-state index in [0.717, 1.165) is 32.0 Å². The normalized spacial score (nSPS) is 13.4. The number of rotatable bonds is 9. The summed E-state index contributed by atoms with van der Waals surface area (Å²) in [4.78, 5) is 0. The lowest BCUT2D eigenvalue weighted by molar-refractivity contribution is 0.234. The Morgan fingerprint density at radius 3 is 2.12 bits per heavy atom. The monoisotopic (exact) mass is 242 g/mol. The van der Waals surface area contributed by atoms with Crippen LogP contribution in [0.2, 0.25) is 0 Å². The molecule has 0 aliphatic heterocycles. The molecule has 0 aromatic rings. The van der Waals surface area contributed by atoms with Crippen molar-refractivity contribution < 1.29 is 0 Å². The summed E-state index contributed by atoms with van der Waals surface area (Å²) >= 11 is 0. The van der Waals surface area contributed by atoms with Gasteiger partial charge in [0, 0.05) is 6.54 Å². The van der Waals surface area contributed by atoms with Crippen LogP contribution < -0.4 is 11.1 Å². The number of nitrogens with two attached hydrogens (primary N) is 1. The van der Waals surface area contributed by atoms with Gasteiger partial charge >= 0.3 is 0 Å². The first kappa shape index (κ1) is 16.9. The van der Waals surface area contributed by atoms with E-state index in [4.69, 9.17) is 5.73 Å². The summed E-state index contributed by atoms with van der Waals surface area (Å²) in [5, 5.41) is 3.59. The average Bonchev–Trinajstić information content (AvgIpc) is 2.16. The summed E-state index contributed by atoms with van der Waals surface area (Å²) < 4.78 is 0. The molecule has 2 heteroatoms. The van der Waals surface area contributed by atoms with Crippen LogP contribution >= 0.6 is 0 Å². The van der Waals surface area contributed by atoms with E-state index in [-0.39, 0.29) is 0 Å². The largest absolute Gasteiger partial charge is 0.330 e. The van der Waals surface area contributed by atoms with Crippen LogP contribution in [0, 0.1) is 16.7 Å². The molecule has 0 spiro atoms. The van der Waals surface area contributed by atoms with Gasteiger partial charge in [-0.2, -0.15) is 0 Å². The van der Waals surface area contributed by atoms with Gasteiger partial charge in [0.25, 0.3) is 0 Å². The predicted octanol–water partition coefficient (Wildman–Crippen LogP) is 3.41. The molecule has 0 amide bonds. The van der Waals surface area contributed by atoms with Crippen LogP contribution in [0.25, 0.3) is 0 Å². The quantitative estimate of drug-likeness (QED) is 0.608. The third-order valence-corrected chi connectivity index (χ3v) is 4.17. The van der Waals surface area contributed by atoms with Crippen molar-refractivity contribution in [3.05, 3.63) is 0 Å². The second kappa shape index (κ2) is 7.38. The Kier molecular flexibility index (Phi) is 7.34. The minimum atomic E-state index is 0.396. The van der Waals surface area contributed by atoms with Gasteiger partial charge in [0.2, 0.25) is 0 Å². The maximum absolute atomic E-state index is 5.62. The van der Waals surface area contributed by atoms with Crippen molar-refractivity contribution in [3.63, 3.8) is 0 Å². The number of hydrogen-bond acceptors (Lipinski definition) is 2. The Bertz CT molecular complexity index is 195. The second-order valence-electron chi connectivity index (χ2n) is 7.13. The molecule has 0 aliphatic rings. The molecule has 0 atom stereocenters. The highest BCUT2D eigenvalue weighted by atomic mass is 14.9. The summed E-state index contributed by atoms with van der Waals surface area (Å²) in [7, 11) is 0. The van der Waals surface area contributed by atoms with Gasteiger partial charge in [-0.15, -0.1) is 0 Å². The van der Waals surface area contributed by atoms with E-state index in [0.29, 0.717) is 10.8 Å². The molecular formula is C15H34N2. The van der Waals surface area contributed by atoms with Crippen molar-refractivity contribution in [3.8, 4) is 0 Å². The third-order valence-electron chi connectivity index (χ3n) is 4.17. The van der Waals surface area contributed by atoms with Gasteiger partial charge in [-0.25, -0.2) is 0 Å². The fourth-order valence-corrected chi connectivity index (χ4v) is 1.82. The molecule has 0 heterocycles. The molecule has 17 heavy (non-hydrogen) atoms. The fourth-order valence-electron chi connectivity index (χ4n) is 1.82. The molecule has 0 aromatic carbocycles. The lowest BCUT2D eigenvalue weighted by atomic mass is 9.81. The van der Waals surface area contributed by atoms with Crippen molar-refractivity contribution in [1.29, 1.82) is 0 Å². The molecule has 0 aromatic heterocycles. The highest BCUT2D eigenvalue weighted by molar-refractivity contribution is 4.75. The molecule has 0 rings (SSSR count). The Morgan fingerprint density at radius 2 is 1.65 bits per heavy atom. The zero-order valence-electron chi connectivity index (χ0n) is 12.9. The third kappa shape index (κ3) is 7.77. The summed E-state index contributed by atoms with van der Waals surface area (Å²) in [6.45, 7) is 17.0. The first-order valence-corrected chi connectivity index (χ1v) is 7.12. The van der Waals surface area contributed by atoms with Crippen molar-refractivity contribution in [2.75, 3.05) is 19.6 Å². The Hall–Kier alpha value is -0.0800. The maximum Gasteiger partial charge on any atom is 0.000496 e. The van der Waals surface area contributed by atoms with Gasteiger partial charge < -0.3 is 11.1 Å². The van der Waals surface area contributed by atoms with Gasteiger partial charge in [-0.3, -0.25) is 0 Å². The lowest BCUT2D eigenvalue weighted by Gasteiger charge is -2.30. The number of nitrogens with one attached hydrogen (secondary N) is 1. The first-order valence-electron chi connectivity index (χ1n) is 7.12. The zero-order valence-corrected chi connectivity index (χ0v) is 12.9. The van der Waals surface area contributed by atoms with Crippen LogP contribution in [0.15, 0.2) is 0 Å². The van der Waals surface area contributed by atoms with E-state index in [2.05, 4.69) is 46.9 Å².